The lowest BCUT2D eigenvalue weighted by Gasteiger charge is -2.31. The second-order valence-corrected chi connectivity index (χ2v) is 11.2. The molecule has 0 radical (unpaired) electrons. The van der Waals surface area contributed by atoms with Crippen LogP contribution >= 0.6 is 0 Å². The zero-order chi connectivity index (χ0) is 28.6. The van der Waals surface area contributed by atoms with Crippen LogP contribution in [0.25, 0.3) is 10.8 Å². The minimum absolute atomic E-state index is 0.129. The maximum Gasteiger partial charge on any atom is 0.408 e. The summed E-state index contributed by atoms with van der Waals surface area (Å²) in [6.07, 6.45) is 8.49. The Balaban J connectivity index is 1.22. The lowest BCUT2D eigenvalue weighted by atomic mass is 9.84. The summed E-state index contributed by atoms with van der Waals surface area (Å²) in [5, 5.41) is 7.69. The molecular weight excluding hydrogens is 518 g/mol. The number of ether oxygens (including phenoxy) is 1. The van der Waals surface area contributed by atoms with Crippen molar-refractivity contribution in [2.24, 2.45) is 5.92 Å². The number of carbonyl (C=O) groups excluding carboxylic acids is 3. The summed E-state index contributed by atoms with van der Waals surface area (Å²) >= 11 is 0. The first-order valence-corrected chi connectivity index (χ1v) is 14.7. The van der Waals surface area contributed by atoms with Gasteiger partial charge >= 0.3 is 6.09 Å². The number of benzene rings is 2. The van der Waals surface area contributed by atoms with Crippen LogP contribution in [0.5, 0.6) is 0 Å². The van der Waals surface area contributed by atoms with Gasteiger partial charge in [0, 0.05) is 24.7 Å². The van der Waals surface area contributed by atoms with Gasteiger partial charge in [-0.3, -0.25) is 9.59 Å². The summed E-state index contributed by atoms with van der Waals surface area (Å²) in [5.41, 5.74) is 7.77. The first kappa shape index (κ1) is 28.4. The molecule has 9 nitrogen and oxygen atoms in total. The maximum atomic E-state index is 13.9. The van der Waals surface area contributed by atoms with Gasteiger partial charge in [-0.2, -0.15) is 0 Å². The van der Waals surface area contributed by atoms with E-state index in [2.05, 4.69) is 15.6 Å². The van der Waals surface area contributed by atoms with Crippen molar-refractivity contribution in [1.82, 2.24) is 20.5 Å². The summed E-state index contributed by atoms with van der Waals surface area (Å²) in [5.74, 6) is 0.435. The smallest absolute Gasteiger partial charge is 0.408 e. The predicted molar refractivity (Wildman–Crippen MR) is 157 cm³/mol. The highest BCUT2D eigenvalue weighted by molar-refractivity contribution is 5.93. The number of rotatable bonds is 9. The van der Waals surface area contributed by atoms with Gasteiger partial charge in [-0.05, 0) is 53.8 Å². The second-order valence-electron chi connectivity index (χ2n) is 11.2. The minimum Gasteiger partial charge on any atom is -0.445 e. The van der Waals surface area contributed by atoms with Crippen LogP contribution in [0.15, 0.2) is 60.8 Å². The molecule has 1 saturated carbocycles. The number of hydrogen-bond donors (Lipinski definition) is 3. The van der Waals surface area contributed by atoms with E-state index >= 15 is 0 Å². The minimum atomic E-state index is -0.727. The third-order valence-corrected chi connectivity index (χ3v) is 8.26. The van der Waals surface area contributed by atoms with E-state index in [1.165, 1.54) is 6.42 Å². The Bertz CT molecular complexity index is 1360. The van der Waals surface area contributed by atoms with Crippen molar-refractivity contribution in [2.45, 2.75) is 76.6 Å². The molecule has 5 rings (SSSR count). The molecule has 1 saturated heterocycles. The molecule has 2 heterocycles. The van der Waals surface area contributed by atoms with Gasteiger partial charge in [0.1, 0.15) is 24.5 Å². The third-order valence-electron chi connectivity index (χ3n) is 8.26. The molecule has 0 bridgehead atoms. The molecule has 1 aromatic heterocycles. The van der Waals surface area contributed by atoms with Gasteiger partial charge in [0.2, 0.25) is 11.8 Å². The van der Waals surface area contributed by atoms with E-state index in [9.17, 15) is 14.4 Å². The molecule has 41 heavy (non-hydrogen) atoms. The highest BCUT2D eigenvalue weighted by Gasteiger charge is 2.38. The first-order chi connectivity index (χ1) is 20.0. The van der Waals surface area contributed by atoms with Crippen LogP contribution in [0.3, 0.4) is 0 Å². The van der Waals surface area contributed by atoms with Gasteiger partial charge in [-0.25, -0.2) is 9.78 Å². The predicted octanol–water partition coefficient (Wildman–Crippen LogP) is 4.69. The fourth-order valence-corrected chi connectivity index (χ4v) is 6.06. The molecule has 1 aliphatic carbocycles. The van der Waals surface area contributed by atoms with E-state index < -0.39 is 18.2 Å². The monoisotopic (exact) mass is 557 g/mol. The lowest BCUT2D eigenvalue weighted by Crippen LogP contribution is -2.54. The molecule has 2 atom stereocenters. The fraction of sp³-hybridized carbons (Fsp3) is 0.438. The summed E-state index contributed by atoms with van der Waals surface area (Å²) in [6.45, 7) is 0.954. The molecule has 9 heteroatoms. The van der Waals surface area contributed by atoms with Crippen molar-refractivity contribution >= 4 is 34.5 Å². The number of amides is 3. The summed E-state index contributed by atoms with van der Waals surface area (Å²) in [4.78, 5) is 45.7. The average Bonchev–Trinajstić information content (AvgIpc) is 3.49. The number of nitrogens with one attached hydrogen (secondary N) is 2. The van der Waals surface area contributed by atoms with Gasteiger partial charge in [-0.15, -0.1) is 0 Å². The quantitative estimate of drug-likeness (QED) is 0.350. The number of likely N-dealkylation sites (tertiary alicyclic amines) is 1. The summed E-state index contributed by atoms with van der Waals surface area (Å²) in [6, 6.07) is 15.8. The Kier molecular flexibility index (Phi) is 9.33. The molecule has 216 valence electrons. The molecule has 2 aromatic carbocycles. The number of nitrogens with two attached hydrogens (primary N) is 1. The van der Waals surface area contributed by atoms with E-state index in [1.807, 2.05) is 54.6 Å². The Labute approximate surface area is 240 Å². The van der Waals surface area contributed by atoms with Crippen LogP contribution in [0.4, 0.5) is 10.6 Å². The number of fused-ring (bicyclic) bond motifs is 1. The van der Waals surface area contributed by atoms with Gasteiger partial charge in [0.05, 0.1) is 0 Å². The normalized spacial score (nSPS) is 18.1. The summed E-state index contributed by atoms with van der Waals surface area (Å²) in [7, 11) is 0. The van der Waals surface area contributed by atoms with Gasteiger partial charge in [0.25, 0.3) is 0 Å². The van der Waals surface area contributed by atoms with E-state index in [1.54, 1.807) is 11.1 Å². The number of anilines is 1. The number of aromatic nitrogens is 1. The number of carbonyl (C=O) groups is 3. The highest BCUT2D eigenvalue weighted by Crippen LogP contribution is 2.29. The van der Waals surface area contributed by atoms with E-state index in [-0.39, 0.29) is 18.4 Å². The fourth-order valence-electron chi connectivity index (χ4n) is 6.06. The molecule has 3 amide bonds. The second kappa shape index (κ2) is 13.5. The summed E-state index contributed by atoms with van der Waals surface area (Å²) < 4.78 is 5.45. The van der Waals surface area contributed by atoms with Gasteiger partial charge in [-0.1, -0.05) is 74.6 Å². The third kappa shape index (κ3) is 7.34. The van der Waals surface area contributed by atoms with Crippen molar-refractivity contribution < 1.29 is 19.1 Å². The van der Waals surface area contributed by atoms with E-state index in [4.69, 9.17) is 10.5 Å². The van der Waals surface area contributed by atoms with Crippen LogP contribution in [-0.2, 0) is 27.5 Å². The van der Waals surface area contributed by atoms with Crippen molar-refractivity contribution in [3.8, 4) is 0 Å². The van der Waals surface area contributed by atoms with Crippen LogP contribution in [0, 0.1) is 5.92 Å². The van der Waals surface area contributed by atoms with Crippen molar-refractivity contribution in [2.75, 3.05) is 12.3 Å². The first-order valence-electron chi connectivity index (χ1n) is 14.7. The van der Waals surface area contributed by atoms with E-state index in [0.29, 0.717) is 37.7 Å². The lowest BCUT2D eigenvalue weighted by molar-refractivity contribution is -0.140. The van der Waals surface area contributed by atoms with Crippen molar-refractivity contribution in [3.63, 3.8) is 0 Å². The zero-order valence-electron chi connectivity index (χ0n) is 23.4. The number of hydrogen-bond acceptors (Lipinski definition) is 6. The maximum absolute atomic E-state index is 13.9. The Morgan fingerprint density at radius 1 is 0.976 bits per heavy atom. The van der Waals surface area contributed by atoms with Crippen LogP contribution in [-0.4, -0.2) is 46.4 Å². The molecule has 0 spiro atoms. The number of nitrogen functional groups attached to an aromatic ring is 1. The Morgan fingerprint density at radius 2 is 1.78 bits per heavy atom. The molecule has 3 aromatic rings. The SMILES string of the molecule is Nc1nccc2cc(CNC(=O)C3CCCN3C(=O)[C@@H](CC3CCCCC3)NC(=O)OCc3ccccc3)ccc12. The highest BCUT2D eigenvalue weighted by atomic mass is 16.5. The van der Waals surface area contributed by atoms with Crippen molar-refractivity contribution in [3.05, 3.63) is 71.9 Å². The van der Waals surface area contributed by atoms with E-state index in [0.717, 1.165) is 54.0 Å². The number of alkyl carbamates (subject to hydrolysis) is 1. The Hall–Kier alpha value is -4.14. The largest absolute Gasteiger partial charge is 0.445 e. The average molecular weight is 558 g/mol. The number of pyridine rings is 1. The molecule has 1 unspecified atom stereocenters. The topological polar surface area (TPSA) is 127 Å². The van der Waals surface area contributed by atoms with Gasteiger partial charge in [0.15, 0.2) is 0 Å². The molecule has 4 N–H and O–H groups in total. The van der Waals surface area contributed by atoms with Crippen LogP contribution in [0.1, 0.15) is 62.5 Å². The van der Waals surface area contributed by atoms with Gasteiger partial charge < -0.3 is 26.0 Å². The molecule has 1 aliphatic heterocycles. The zero-order valence-corrected chi connectivity index (χ0v) is 23.4. The van der Waals surface area contributed by atoms with Crippen LogP contribution in [0.2, 0.25) is 0 Å². The van der Waals surface area contributed by atoms with Crippen LogP contribution < -0.4 is 16.4 Å². The molecule has 2 aliphatic rings. The molecule has 2 fully saturated rings. The standard InChI is InChI=1S/C32H39N5O4/c33-29-26-14-13-24(18-25(26)15-16-34-29)20-35-30(38)28-12-7-17-37(28)31(39)27(19-22-8-3-1-4-9-22)36-32(40)41-21-23-10-5-2-6-11-23/h2,5-6,10-11,13-16,18,22,27-28H,1,3-4,7-9,12,17,19-21H2,(H2,33,34)(H,35,38)(H,36,40)/t27-,28?/m1/s1. The Morgan fingerprint density at radius 3 is 2.59 bits per heavy atom. The van der Waals surface area contributed by atoms with Crippen molar-refractivity contribution in [1.29, 1.82) is 0 Å². The molecular formula is C32H39N5O4. The number of nitrogens with zero attached hydrogens (tertiary/aromatic N) is 2.